The molecule has 114 valence electrons. The highest BCUT2D eigenvalue weighted by molar-refractivity contribution is 5.69. The third-order valence-corrected chi connectivity index (χ3v) is 3.00. The molecule has 0 bridgehead atoms. The summed E-state index contributed by atoms with van der Waals surface area (Å²) >= 11 is 0. The first-order valence-corrected chi connectivity index (χ1v) is 7.16. The molecule has 0 aliphatic carbocycles. The number of esters is 1. The molecule has 5 nitrogen and oxygen atoms in total. The Morgan fingerprint density at radius 2 is 2.10 bits per heavy atom. The van der Waals surface area contributed by atoms with Crippen molar-refractivity contribution in [2.24, 2.45) is 0 Å². The Hall–Kier alpha value is -2.06. The summed E-state index contributed by atoms with van der Waals surface area (Å²) in [6, 6.07) is 9.76. The Labute approximate surface area is 125 Å². The van der Waals surface area contributed by atoms with Crippen LogP contribution in [0.4, 0.5) is 0 Å². The molecule has 0 saturated heterocycles. The summed E-state index contributed by atoms with van der Waals surface area (Å²) in [5.74, 6) is 0.542. The average Bonchev–Trinajstić information content (AvgIpc) is 2.50. The lowest BCUT2D eigenvalue weighted by atomic mass is 10.1. The van der Waals surface area contributed by atoms with Gasteiger partial charge in [-0.1, -0.05) is 12.1 Å². The molecule has 0 aliphatic heterocycles. The van der Waals surface area contributed by atoms with E-state index in [0.29, 0.717) is 18.8 Å². The maximum Gasteiger partial charge on any atom is 0.305 e. The molecule has 0 saturated carbocycles. The number of ether oxygens (including phenoxy) is 2. The van der Waals surface area contributed by atoms with Gasteiger partial charge in [-0.05, 0) is 44.5 Å². The van der Waals surface area contributed by atoms with Gasteiger partial charge in [-0.15, -0.1) is 0 Å². The zero-order chi connectivity index (χ0) is 15.5. The van der Waals surface area contributed by atoms with Crippen LogP contribution in [0.25, 0.3) is 0 Å². The Morgan fingerprint density at radius 1 is 1.38 bits per heavy atom. The molecular weight excluding hydrogens is 268 g/mol. The Bertz CT molecular complexity index is 465. The fourth-order valence-electron chi connectivity index (χ4n) is 1.87. The molecule has 5 heteroatoms. The molecule has 0 radical (unpaired) electrons. The van der Waals surface area contributed by atoms with Gasteiger partial charge in [-0.25, -0.2) is 0 Å². The third kappa shape index (κ3) is 6.77. The van der Waals surface area contributed by atoms with Crippen LogP contribution < -0.4 is 10.1 Å². The summed E-state index contributed by atoms with van der Waals surface area (Å²) in [6.45, 7) is 5.12. The van der Waals surface area contributed by atoms with Gasteiger partial charge in [0, 0.05) is 12.5 Å². The molecule has 1 N–H and O–H groups in total. The molecule has 1 aromatic carbocycles. The van der Waals surface area contributed by atoms with Crippen LogP contribution in [0.1, 0.15) is 38.3 Å². The maximum atomic E-state index is 11.2. The van der Waals surface area contributed by atoms with Crippen molar-refractivity contribution in [3.63, 3.8) is 0 Å². The van der Waals surface area contributed by atoms with Crippen LogP contribution in [0.2, 0.25) is 0 Å². The number of carbonyl (C=O) groups is 1. The maximum absolute atomic E-state index is 11.2. The Morgan fingerprint density at radius 3 is 2.71 bits per heavy atom. The molecule has 0 aliphatic rings. The van der Waals surface area contributed by atoms with Crippen molar-refractivity contribution < 1.29 is 14.3 Å². The lowest BCUT2D eigenvalue weighted by Gasteiger charge is -2.14. The number of nitrogens with zero attached hydrogens (tertiary/aromatic N) is 1. The monoisotopic (exact) mass is 290 g/mol. The van der Waals surface area contributed by atoms with Crippen LogP contribution in [0.5, 0.6) is 5.75 Å². The molecule has 0 fully saturated rings. The van der Waals surface area contributed by atoms with Gasteiger partial charge in [0.1, 0.15) is 11.8 Å². The highest BCUT2D eigenvalue weighted by Crippen LogP contribution is 2.17. The number of benzene rings is 1. The van der Waals surface area contributed by atoms with Crippen molar-refractivity contribution >= 4 is 5.97 Å². The first-order chi connectivity index (χ1) is 10.2. The lowest BCUT2D eigenvalue weighted by Crippen LogP contribution is -2.20. The quantitative estimate of drug-likeness (QED) is 0.559. The van der Waals surface area contributed by atoms with E-state index >= 15 is 0 Å². The van der Waals surface area contributed by atoms with Gasteiger partial charge < -0.3 is 14.8 Å². The standard InChI is InChI=1S/C16H22N2O3/c1-3-20-16(19)5-4-11-18-13(2)14-6-8-15(9-7-14)21-12-10-17/h6-9,13,18H,3-5,11-12H2,1-2H3. The largest absolute Gasteiger partial charge is 0.479 e. The first-order valence-electron chi connectivity index (χ1n) is 7.16. The van der Waals surface area contributed by atoms with E-state index in [1.54, 1.807) is 0 Å². The van der Waals surface area contributed by atoms with Crippen molar-refractivity contribution in [2.45, 2.75) is 32.7 Å². The van der Waals surface area contributed by atoms with Gasteiger partial charge in [-0.2, -0.15) is 5.26 Å². The first kappa shape index (κ1) is 17.0. The molecule has 0 spiro atoms. The third-order valence-electron chi connectivity index (χ3n) is 3.00. The van der Waals surface area contributed by atoms with Gasteiger partial charge in [0.05, 0.1) is 6.61 Å². The molecule has 21 heavy (non-hydrogen) atoms. The van der Waals surface area contributed by atoms with Gasteiger partial charge in [0.2, 0.25) is 0 Å². The van der Waals surface area contributed by atoms with Gasteiger partial charge >= 0.3 is 5.97 Å². The van der Waals surface area contributed by atoms with Crippen LogP contribution in [-0.4, -0.2) is 25.7 Å². The Balaban J connectivity index is 2.30. The molecular formula is C16H22N2O3. The summed E-state index contributed by atoms with van der Waals surface area (Å²) < 4.78 is 10.1. The molecule has 1 unspecified atom stereocenters. The van der Waals surface area contributed by atoms with E-state index in [9.17, 15) is 4.79 Å². The highest BCUT2D eigenvalue weighted by Gasteiger charge is 2.06. The predicted octanol–water partition coefficient (Wildman–Crippen LogP) is 2.58. The molecule has 0 amide bonds. The van der Waals surface area contributed by atoms with Crippen molar-refractivity contribution in [1.29, 1.82) is 5.26 Å². The van der Waals surface area contributed by atoms with Gasteiger partial charge in [0.25, 0.3) is 0 Å². The minimum absolute atomic E-state index is 0.0566. The topological polar surface area (TPSA) is 71.3 Å². The van der Waals surface area contributed by atoms with Crippen LogP contribution in [0.15, 0.2) is 24.3 Å². The second-order valence-electron chi connectivity index (χ2n) is 4.60. The second kappa shape index (κ2) is 9.78. The minimum Gasteiger partial charge on any atom is -0.479 e. The van der Waals surface area contributed by atoms with E-state index in [0.717, 1.165) is 18.5 Å². The van der Waals surface area contributed by atoms with Crippen LogP contribution in [0.3, 0.4) is 0 Å². The summed E-state index contributed by atoms with van der Waals surface area (Å²) in [5, 5.41) is 11.8. The zero-order valence-corrected chi connectivity index (χ0v) is 12.6. The normalized spacial score (nSPS) is 11.5. The summed E-state index contributed by atoms with van der Waals surface area (Å²) in [6.07, 6.45) is 1.20. The van der Waals surface area contributed by atoms with Crippen molar-refractivity contribution in [3.8, 4) is 11.8 Å². The van der Waals surface area contributed by atoms with E-state index in [4.69, 9.17) is 14.7 Å². The summed E-state index contributed by atoms with van der Waals surface area (Å²) in [5.41, 5.74) is 1.13. The zero-order valence-electron chi connectivity index (χ0n) is 12.6. The number of hydrogen-bond donors (Lipinski definition) is 1. The average molecular weight is 290 g/mol. The fourth-order valence-corrected chi connectivity index (χ4v) is 1.87. The number of carbonyl (C=O) groups excluding carboxylic acids is 1. The SMILES string of the molecule is CCOC(=O)CCCNC(C)c1ccc(OCC#N)cc1. The molecule has 1 aromatic rings. The van der Waals surface area contributed by atoms with Gasteiger partial charge in [-0.3, -0.25) is 4.79 Å². The second-order valence-corrected chi connectivity index (χ2v) is 4.60. The number of nitriles is 1. The summed E-state index contributed by atoms with van der Waals surface area (Å²) in [4.78, 5) is 11.2. The number of rotatable bonds is 9. The summed E-state index contributed by atoms with van der Waals surface area (Å²) in [7, 11) is 0. The molecule has 1 atom stereocenters. The number of hydrogen-bond acceptors (Lipinski definition) is 5. The van der Waals surface area contributed by atoms with Crippen molar-refractivity contribution in [2.75, 3.05) is 19.8 Å². The van der Waals surface area contributed by atoms with Crippen molar-refractivity contribution in [1.82, 2.24) is 5.32 Å². The minimum atomic E-state index is -0.147. The van der Waals surface area contributed by atoms with Crippen LogP contribution >= 0.6 is 0 Å². The Kier molecular flexibility index (Phi) is 7.92. The smallest absolute Gasteiger partial charge is 0.305 e. The van der Waals surface area contributed by atoms with E-state index < -0.39 is 0 Å². The van der Waals surface area contributed by atoms with Crippen LogP contribution in [-0.2, 0) is 9.53 Å². The van der Waals surface area contributed by atoms with E-state index in [1.807, 2.05) is 37.3 Å². The molecule has 0 heterocycles. The highest BCUT2D eigenvalue weighted by atomic mass is 16.5. The van der Waals surface area contributed by atoms with E-state index in [-0.39, 0.29) is 18.6 Å². The van der Waals surface area contributed by atoms with Crippen LogP contribution in [0, 0.1) is 11.3 Å². The van der Waals surface area contributed by atoms with Crippen molar-refractivity contribution in [3.05, 3.63) is 29.8 Å². The predicted molar refractivity (Wildman–Crippen MR) is 79.8 cm³/mol. The van der Waals surface area contributed by atoms with E-state index in [1.165, 1.54) is 0 Å². The fraction of sp³-hybridized carbons (Fsp3) is 0.500. The van der Waals surface area contributed by atoms with Gasteiger partial charge in [0.15, 0.2) is 6.61 Å². The van der Waals surface area contributed by atoms with E-state index in [2.05, 4.69) is 12.2 Å². The lowest BCUT2D eigenvalue weighted by molar-refractivity contribution is -0.143. The number of nitrogens with one attached hydrogen (secondary N) is 1. The molecule has 1 rings (SSSR count). The molecule has 0 aromatic heterocycles.